The van der Waals surface area contributed by atoms with Crippen LogP contribution >= 0.6 is 15.9 Å². The number of hydrogen-bond acceptors (Lipinski definition) is 2. The number of rotatable bonds is 6. The van der Waals surface area contributed by atoms with Crippen molar-refractivity contribution >= 4 is 32.5 Å². The van der Waals surface area contributed by atoms with Gasteiger partial charge in [0, 0.05) is 4.90 Å². The summed E-state index contributed by atoms with van der Waals surface area (Å²) in [5.74, 6) is 0.838. The van der Waals surface area contributed by atoms with Crippen molar-refractivity contribution in [2.24, 2.45) is 5.92 Å². The Balaban J connectivity index is 1.84. The van der Waals surface area contributed by atoms with E-state index < -0.39 is 10.8 Å². The Hall–Kier alpha value is -0.480. The Labute approximate surface area is 138 Å². The number of Topliss-reactive ketones (excluding diaryl/α,β-unsaturated/α-hetero) is 1. The van der Waals surface area contributed by atoms with Crippen LogP contribution in [0.2, 0.25) is 0 Å². The van der Waals surface area contributed by atoms with Gasteiger partial charge in [0.05, 0.1) is 21.4 Å². The molecule has 21 heavy (non-hydrogen) atoms. The molecule has 2 nitrogen and oxygen atoms in total. The number of carbonyl (C=O) groups is 1. The van der Waals surface area contributed by atoms with Crippen molar-refractivity contribution < 1.29 is 9.00 Å². The quantitative estimate of drug-likeness (QED) is 0.695. The molecular formula is C17H23BrO2S. The molecule has 2 unspecified atom stereocenters. The molecule has 1 aromatic carbocycles. The predicted molar refractivity (Wildman–Crippen MR) is 91.4 cm³/mol. The minimum absolute atomic E-state index is 0.0690. The van der Waals surface area contributed by atoms with Gasteiger partial charge in [-0.15, -0.1) is 0 Å². The van der Waals surface area contributed by atoms with Gasteiger partial charge in [0.15, 0.2) is 5.78 Å². The van der Waals surface area contributed by atoms with E-state index in [1.54, 1.807) is 0 Å². The van der Waals surface area contributed by atoms with Gasteiger partial charge < -0.3 is 0 Å². The van der Waals surface area contributed by atoms with Crippen LogP contribution in [-0.2, 0) is 15.6 Å². The summed E-state index contributed by atoms with van der Waals surface area (Å²) in [4.78, 5) is 12.8. The van der Waals surface area contributed by atoms with Crippen molar-refractivity contribution in [2.75, 3.05) is 5.75 Å². The lowest BCUT2D eigenvalue weighted by Crippen LogP contribution is -2.24. The van der Waals surface area contributed by atoms with Crippen molar-refractivity contribution in [1.82, 2.24) is 0 Å². The molecule has 0 aromatic heterocycles. The molecule has 1 saturated carbocycles. The smallest absolute Gasteiger partial charge is 0.159 e. The molecule has 0 saturated heterocycles. The van der Waals surface area contributed by atoms with Crippen LogP contribution in [0.4, 0.5) is 0 Å². The largest absolute Gasteiger partial charge is 0.297 e. The van der Waals surface area contributed by atoms with Crippen LogP contribution < -0.4 is 0 Å². The molecule has 0 heterocycles. The average molecular weight is 371 g/mol. The minimum atomic E-state index is -1.23. The van der Waals surface area contributed by atoms with E-state index in [-0.39, 0.29) is 16.4 Å². The van der Waals surface area contributed by atoms with Gasteiger partial charge in [0.25, 0.3) is 0 Å². The third-order valence-corrected chi connectivity index (χ3v) is 6.40. The molecule has 0 aliphatic heterocycles. The van der Waals surface area contributed by atoms with Gasteiger partial charge in [-0.1, -0.05) is 65.7 Å². The first-order valence-electron chi connectivity index (χ1n) is 7.68. The maximum Gasteiger partial charge on any atom is 0.159 e. The molecule has 116 valence electrons. The number of ketones is 1. The lowest BCUT2D eigenvalue weighted by atomic mass is 9.86. The number of alkyl halides is 1. The van der Waals surface area contributed by atoms with E-state index in [2.05, 4.69) is 15.9 Å². The summed E-state index contributed by atoms with van der Waals surface area (Å²) in [6.07, 6.45) is 7.26. The second-order valence-corrected chi connectivity index (χ2v) is 8.53. The van der Waals surface area contributed by atoms with Crippen molar-refractivity contribution in [3.8, 4) is 0 Å². The molecule has 1 aromatic rings. The van der Waals surface area contributed by atoms with Gasteiger partial charge in [-0.2, -0.15) is 0 Å². The van der Waals surface area contributed by atoms with Crippen LogP contribution in [0.15, 0.2) is 29.2 Å². The van der Waals surface area contributed by atoms with Gasteiger partial charge in [0.2, 0.25) is 0 Å². The van der Waals surface area contributed by atoms with E-state index in [1.807, 2.05) is 31.2 Å². The zero-order chi connectivity index (χ0) is 15.2. The highest BCUT2D eigenvalue weighted by atomic mass is 79.9. The maximum atomic E-state index is 12.2. The Bertz CT molecular complexity index is 492. The van der Waals surface area contributed by atoms with E-state index in [4.69, 9.17) is 0 Å². The molecule has 2 atom stereocenters. The first kappa shape index (κ1) is 16.9. The molecule has 0 spiro atoms. The summed E-state index contributed by atoms with van der Waals surface area (Å²) in [7, 11) is -1.23. The Morgan fingerprint density at radius 3 is 2.48 bits per heavy atom. The lowest BCUT2D eigenvalue weighted by Gasteiger charge is -2.23. The Morgan fingerprint density at radius 1 is 1.24 bits per heavy atom. The number of aryl methyl sites for hydroxylation is 1. The van der Waals surface area contributed by atoms with E-state index in [0.29, 0.717) is 5.92 Å². The van der Waals surface area contributed by atoms with E-state index in [0.717, 1.165) is 16.9 Å². The third kappa shape index (κ3) is 5.33. The van der Waals surface area contributed by atoms with Crippen LogP contribution in [0.3, 0.4) is 0 Å². The molecule has 0 N–H and O–H groups in total. The summed E-state index contributed by atoms with van der Waals surface area (Å²) in [6.45, 7) is 2.00. The van der Waals surface area contributed by atoms with Crippen LogP contribution in [0.25, 0.3) is 0 Å². The third-order valence-electron chi connectivity index (χ3n) is 4.17. The van der Waals surface area contributed by atoms with E-state index in [9.17, 15) is 9.00 Å². The van der Waals surface area contributed by atoms with Gasteiger partial charge in [-0.3, -0.25) is 9.00 Å². The summed E-state index contributed by atoms with van der Waals surface area (Å²) < 4.78 is 12.2. The number of carbonyl (C=O) groups excluding carboxylic acids is 1. The second kappa shape index (κ2) is 8.23. The fraction of sp³-hybridized carbons (Fsp3) is 0.588. The highest BCUT2D eigenvalue weighted by Crippen LogP contribution is 2.29. The maximum absolute atomic E-state index is 12.2. The predicted octanol–water partition coefficient (Wildman–Crippen LogP) is 4.41. The highest BCUT2D eigenvalue weighted by molar-refractivity contribution is 9.10. The molecule has 0 bridgehead atoms. The van der Waals surface area contributed by atoms with Gasteiger partial charge >= 0.3 is 0 Å². The molecule has 1 aliphatic carbocycles. The molecule has 0 amide bonds. The number of benzene rings is 1. The minimum Gasteiger partial charge on any atom is -0.297 e. The van der Waals surface area contributed by atoms with Gasteiger partial charge in [-0.05, 0) is 31.4 Å². The number of halogens is 1. The summed E-state index contributed by atoms with van der Waals surface area (Å²) in [5, 5.41) is 0. The van der Waals surface area contributed by atoms with Crippen molar-refractivity contribution in [2.45, 2.75) is 55.2 Å². The standard InChI is InChI=1S/C17H23BrO2S/c1-13-7-9-15(10-8-13)21(20)12-17(19)16(18)11-14-5-3-2-4-6-14/h7-10,14,16H,2-6,11-12H2,1H3. The van der Waals surface area contributed by atoms with Crippen LogP contribution in [0.5, 0.6) is 0 Å². The normalized spacial score (nSPS) is 19.1. The molecule has 1 fully saturated rings. The first-order valence-corrected chi connectivity index (χ1v) is 9.91. The monoisotopic (exact) mass is 370 g/mol. The number of hydrogen-bond donors (Lipinski definition) is 0. The lowest BCUT2D eigenvalue weighted by molar-refractivity contribution is -0.116. The molecule has 2 rings (SSSR count). The topological polar surface area (TPSA) is 34.1 Å². The fourth-order valence-electron chi connectivity index (χ4n) is 2.84. The van der Waals surface area contributed by atoms with Crippen molar-refractivity contribution in [3.05, 3.63) is 29.8 Å². The average Bonchev–Trinajstić information content (AvgIpc) is 2.48. The van der Waals surface area contributed by atoms with Crippen LogP contribution in [0, 0.1) is 12.8 Å². The SMILES string of the molecule is Cc1ccc(S(=O)CC(=O)C(Br)CC2CCCCC2)cc1. The van der Waals surface area contributed by atoms with Crippen LogP contribution in [-0.4, -0.2) is 20.6 Å². The van der Waals surface area contributed by atoms with Crippen molar-refractivity contribution in [3.63, 3.8) is 0 Å². The Morgan fingerprint density at radius 2 is 1.86 bits per heavy atom. The first-order chi connectivity index (χ1) is 10.1. The summed E-state index contributed by atoms with van der Waals surface area (Å²) in [6, 6.07) is 7.57. The highest BCUT2D eigenvalue weighted by Gasteiger charge is 2.23. The van der Waals surface area contributed by atoms with E-state index >= 15 is 0 Å². The zero-order valence-electron chi connectivity index (χ0n) is 12.5. The molecule has 1 aliphatic rings. The molecular weight excluding hydrogens is 348 g/mol. The van der Waals surface area contributed by atoms with Gasteiger partial charge in [-0.25, -0.2) is 0 Å². The van der Waals surface area contributed by atoms with Crippen LogP contribution in [0.1, 0.15) is 44.1 Å². The summed E-state index contributed by atoms with van der Waals surface area (Å²) in [5.41, 5.74) is 1.14. The summed E-state index contributed by atoms with van der Waals surface area (Å²) >= 11 is 3.51. The molecule has 4 heteroatoms. The second-order valence-electron chi connectivity index (χ2n) is 5.98. The van der Waals surface area contributed by atoms with Gasteiger partial charge in [0.1, 0.15) is 0 Å². The fourth-order valence-corrected chi connectivity index (χ4v) is 4.81. The van der Waals surface area contributed by atoms with Crippen molar-refractivity contribution in [1.29, 1.82) is 0 Å². The van der Waals surface area contributed by atoms with E-state index in [1.165, 1.54) is 32.1 Å². The molecule has 0 radical (unpaired) electrons. The Kier molecular flexibility index (Phi) is 6.62. The zero-order valence-corrected chi connectivity index (χ0v) is 14.9.